The van der Waals surface area contributed by atoms with E-state index in [9.17, 15) is 79.2 Å². The van der Waals surface area contributed by atoms with E-state index in [0.717, 1.165) is 225 Å². The number of allylic oxidation sites excluding steroid dienone is 4. The van der Waals surface area contributed by atoms with Crippen molar-refractivity contribution >= 4 is 70.8 Å². The third-order valence-corrected chi connectivity index (χ3v) is 31.5. The highest BCUT2D eigenvalue weighted by atomic mass is 16.6. The Kier molecular flexibility index (Phi) is 18.4. The predicted octanol–water partition coefficient (Wildman–Crippen LogP) is 19.1. The topological polar surface area (TPSA) is 379 Å². The number of carbonyl (C=O) groups excluding carboxylic acids is 2. The van der Waals surface area contributed by atoms with Crippen molar-refractivity contribution in [1.29, 1.82) is 0 Å². The number of carboxylic acid groups (broad SMARTS) is 8. The van der Waals surface area contributed by atoms with Gasteiger partial charge in [-0.25, -0.2) is 47.9 Å². The van der Waals surface area contributed by atoms with E-state index < -0.39 is 150 Å². The second-order valence-corrected chi connectivity index (χ2v) is 39.1. The highest BCUT2D eigenvalue weighted by Crippen LogP contribution is 2.69. The van der Waals surface area contributed by atoms with Gasteiger partial charge in [0.1, 0.15) is 34.5 Å². The fourth-order valence-corrected chi connectivity index (χ4v) is 28.3. The lowest BCUT2D eigenvalue weighted by atomic mass is 9.47. The quantitative estimate of drug-likeness (QED) is 0.0206. The number of hydrogen-bond acceptors (Lipinski definition) is 15. The van der Waals surface area contributed by atoms with Crippen LogP contribution < -0.4 is 18.9 Å². The van der Waals surface area contributed by atoms with Crippen LogP contribution in [0.15, 0.2) is 145 Å². The molecule has 23 nitrogen and oxygen atoms in total. The van der Waals surface area contributed by atoms with E-state index in [1.807, 2.05) is 48.6 Å². The van der Waals surface area contributed by atoms with Crippen LogP contribution in [0.5, 0.6) is 34.5 Å². The molecule has 2 atom stereocenters. The van der Waals surface area contributed by atoms with Crippen molar-refractivity contribution in [3.05, 3.63) is 211 Å². The van der Waals surface area contributed by atoms with Crippen molar-refractivity contribution in [3.8, 4) is 34.5 Å². The molecule has 0 heterocycles. The standard InChI is InChI=1S/C98H94O23/c99-83(100)69-7-3-65(33-73(69)87(107)108)117-81-11-1-61(93-37-49-17-50(38-93)19-51(18-49)39-93)29-77(81)79-31-63(95-43-55-23-56(44-95)25-57(24-55)45-95)13-15-97(79,120-67-5-9-71(85(103)104)75(35-67)89(111)112)91(115)119-92(116)98(121-68-6-10-72(86(105)106)76(36-68)90(113)114)16-14-64(96-46-58-26-59(47-96)28-60(27-58)48-96)32-80(98)78-30-62(94-40-52-20-53(41-94)22-54(21-52)42-94)2-12-82(78)118-66-4-8-70(84(101)102)74(34-66)88(109)110/h1-14,29-36,49-60H,15-28,37-48H2,(H,99,100)(H,101,102)(H,103,104)(H,105,106)(H,107,108)(H,109,110)(H,111,112)(H,113,114). The molecule has 0 spiro atoms. The highest BCUT2D eigenvalue weighted by molar-refractivity contribution is 6.10. The van der Waals surface area contributed by atoms with Gasteiger partial charge in [0.05, 0.1) is 44.5 Å². The molecule has 8 N–H and O–H groups in total. The van der Waals surface area contributed by atoms with Gasteiger partial charge >= 0.3 is 59.7 Å². The maximum Gasteiger partial charge on any atom is 0.363 e. The number of aromatic carboxylic acids is 8. The highest BCUT2D eigenvalue weighted by Gasteiger charge is 2.62. The summed E-state index contributed by atoms with van der Waals surface area (Å²) in [6, 6.07) is 24.9. The van der Waals surface area contributed by atoms with Gasteiger partial charge in [0.2, 0.25) is 11.2 Å². The van der Waals surface area contributed by atoms with Gasteiger partial charge in [-0.2, -0.15) is 0 Å². The van der Waals surface area contributed by atoms with E-state index in [-0.39, 0.29) is 56.8 Å². The lowest BCUT2D eigenvalue weighted by molar-refractivity contribution is -0.175. The summed E-state index contributed by atoms with van der Waals surface area (Å²) < 4.78 is 35.8. The summed E-state index contributed by atoms with van der Waals surface area (Å²) in [6.45, 7) is 0. The van der Waals surface area contributed by atoms with E-state index in [0.29, 0.717) is 71.0 Å². The minimum Gasteiger partial charge on any atom is -0.478 e. The summed E-state index contributed by atoms with van der Waals surface area (Å²) in [7, 11) is 0. The molecular weight excluding hydrogens is 1550 g/mol. The summed E-state index contributed by atoms with van der Waals surface area (Å²) in [5.74, 6) is -11.8. The maximum absolute atomic E-state index is 17.9. The normalized spacial score (nSPS) is 33.1. The molecule has 2 unspecified atom stereocenters. The summed E-state index contributed by atoms with van der Waals surface area (Å²) in [5.41, 5.74) is -8.17. The van der Waals surface area contributed by atoms with Gasteiger partial charge in [0.15, 0.2) is 0 Å². The Balaban J connectivity index is 0.825. The lowest BCUT2D eigenvalue weighted by Crippen LogP contribution is -2.54. The summed E-state index contributed by atoms with van der Waals surface area (Å²) in [4.78, 5) is 141. The third-order valence-electron chi connectivity index (χ3n) is 31.5. The minimum absolute atomic E-state index is 0.0173. The molecule has 0 aromatic heterocycles. The van der Waals surface area contributed by atoms with Crippen molar-refractivity contribution in [2.75, 3.05) is 0 Å². The van der Waals surface area contributed by atoms with Gasteiger partial charge in [0, 0.05) is 35.1 Å². The average Bonchev–Trinajstić information content (AvgIpc) is 0.711. The smallest absolute Gasteiger partial charge is 0.363 e. The Hall–Kier alpha value is -11.6. The van der Waals surface area contributed by atoms with Gasteiger partial charge in [0.25, 0.3) is 0 Å². The van der Waals surface area contributed by atoms with Gasteiger partial charge in [-0.3, -0.25) is 0 Å². The van der Waals surface area contributed by atoms with Crippen molar-refractivity contribution in [2.45, 2.75) is 189 Å². The van der Waals surface area contributed by atoms with Crippen LogP contribution >= 0.6 is 0 Å². The van der Waals surface area contributed by atoms with Crippen LogP contribution in [0.3, 0.4) is 0 Å². The number of hydrogen-bond donors (Lipinski definition) is 8. The van der Waals surface area contributed by atoms with Crippen molar-refractivity contribution in [3.63, 3.8) is 0 Å². The first-order chi connectivity index (χ1) is 57.9. The second-order valence-electron chi connectivity index (χ2n) is 39.1. The number of rotatable bonds is 24. The van der Waals surface area contributed by atoms with Crippen molar-refractivity contribution in [1.82, 2.24) is 0 Å². The van der Waals surface area contributed by atoms with E-state index in [1.54, 1.807) is 12.1 Å². The van der Waals surface area contributed by atoms with E-state index in [1.165, 1.54) is 24.3 Å². The molecule has 121 heavy (non-hydrogen) atoms. The first-order valence-electron chi connectivity index (χ1n) is 43.0. The molecule has 0 aliphatic heterocycles. The number of benzene rings is 6. The average molecular weight is 1640 g/mol. The Labute approximate surface area is 696 Å². The lowest BCUT2D eigenvalue weighted by Gasteiger charge is -2.58. The van der Waals surface area contributed by atoms with Crippen LogP contribution in [0.1, 0.15) is 272 Å². The Morgan fingerprint density at radius 1 is 0.273 bits per heavy atom. The monoisotopic (exact) mass is 1640 g/mol. The third kappa shape index (κ3) is 13.2. The molecule has 0 saturated heterocycles. The number of ether oxygens (including phenoxy) is 5. The molecule has 18 aliphatic rings. The molecule has 16 bridgehead atoms. The second kappa shape index (κ2) is 28.5. The molecule has 18 aliphatic carbocycles. The fraction of sp³-hybridized carbons (Fsp3) is 0.449. The predicted molar refractivity (Wildman–Crippen MR) is 435 cm³/mol. The first-order valence-corrected chi connectivity index (χ1v) is 43.0. The molecule has 23 heteroatoms. The van der Waals surface area contributed by atoms with Gasteiger partial charge in [-0.1, -0.05) is 36.4 Å². The molecule has 0 radical (unpaired) electrons. The summed E-state index contributed by atoms with van der Waals surface area (Å²) >= 11 is 0. The maximum atomic E-state index is 17.9. The van der Waals surface area contributed by atoms with E-state index >= 15 is 9.59 Å². The Morgan fingerprint density at radius 2 is 0.512 bits per heavy atom. The zero-order chi connectivity index (χ0) is 83.9. The molecule has 6 aromatic carbocycles. The number of carbonyl (C=O) groups is 10. The van der Waals surface area contributed by atoms with E-state index in [4.69, 9.17) is 23.7 Å². The van der Waals surface area contributed by atoms with Crippen LogP contribution in [-0.4, -0.2) is 112 Å². The Morgan fingerprint density at radius 3 is 0.769 bits per heavy atom. The largest absolute Gasteiger partial charge is 0.478 e. The minimum atomic E-state index is -2.70. The van der Waals surface area contributed by atoms with Crippen LogP contribution in [0.2, 0.25) is 0 Å². The van der Waals surface area contributed by atoms with Gasteiger partial charge < -0.3 is 64.5 Å². The van der Waals surface area contributed by atoms with Crippen LogP contribution in [0.25, 0.3) is 11.1 Å². The molecule has 624 valence electrons. The number of esters is 2. The summed E-state index contributed by atoms with van der Waals surface area (Å²) in [5, 5.41) is 85.0. The summed E-state index contributed by atoms with van der Waals surface area (Å²) in [6.07, 6.45) is 29.1. The van der Waals surface area contributed by atoms with Crippen LogP contribution in [-0.2, 0) is 25.2 Å². The number of carboxylic acids is 8. The SMILES string of the molecule is O=C(O)c1ccc(Oc2ccc(C34CC5CC(CC(C5)C3)C4)cc2C2=CC(C34CC5CC(CC(C5)C3)C4)=CCC2(Oc2ccc(C(=O)O)c(C(=O)O)c2)C(=O)OC(=O)C2(Oc3ccc(C(=O)O)c(C(=O)O)c3)CC=C(C34CC5CC(CC(C5)C3)C4)C=C2c2cc(C34CC5CC(CC(C5)C3)C4)ccc2Oc2ccc(C(=O)O)c(C(=O)O)c2)cc1C(=O)O. The van der Waals surface area contributed by atoms with Gasteiger partial charge in [-0.15, -0.1) is 0 Å². The zero-order valence-electron chi connectivity index (χ0n) is 66.7. The molecule has 16 saturated carbocycles. The molecule has 6 aromatic rings. The Bertz CT molecular complexity index is 5200. The van der Waals surface area contributed by atoms with Crippen LogP contribution in [0, 0.1) is 81.8 Å². The molecular formula is C98H94O23. The van der Waals surface area contributed by atoms with Gasteiger partial charge in [-0.05, 0) is 366 Å². The van der Waals surface area contributed by atoms with E-state index in [2.05, 4.69) is 0 Å². The van der Waals surface area contributed by atoms with Crippen molar-refractivity contribution < 1.29 is 112 Å². The molecule has 0 amide bonds. The molecule has 24 rings (SSSR count). The molecule has 16 fully saturated rings. The fourth-order valence-electron chi connectivity index (χ4n) is 28.3. The van der Waals surface area contributed by atoms with Crippen molar-refractivity contribution in [2.24, 2.45) is 81.8 Å². The van der Waals surface area contributed by atoms with Crippen LogP contribution in [0.4, 0.5) is 0 Å². The zero-order valence-corrected chi connectivity index (χ0v) is 66.7. The first kappa shape index (κ1) is 78.0.